The minimum Gasteiger partial charge on any atom is -0.393 e. The molecule has 0 unspecified atom stereocenters. The largest absolute Gasteiger partial charge is 0.436 e. The molecule has 4 fully saturated rings. The molecule has 0 saturated heterocycles. The van der Waals surface area contributed by atoms with E-state index in [9.17, 15) is 9.90 Å². The Hall–Kier alpha value is -1.14. The van der Waals surface area contributed by atoms with E-state index in [1.165, 1.54) is 38.5 Å². The summed E-state index contributed by atoms with van der Waals surface area (Å²) in [5.41, 5.74) is 1.67. The lowest BCUT2D eigenvalue weighted by molar-refractivity contribution is -0.123. The Balaban J connectivity index is 1.44. The van der Waals surface area contributed by atoms with Crippen molar-refractivity contribution < 1.29 is 14.7 Å². The van der Waals surface area contributed by atoms with Crippen molar-refractivity contribution in [1.82, 2.24) is 10.2 Å². The molecule has 6 nitrogen and oxygen atoms in total. The molecular formula is C27H47N3O3. The molecule has 0 aromatic carbocycles. The molecule has 4 aliphatic carbocycles. The second kappa shape index (κ2) is 9.85. The summed E-state index contributed by atoms with van der Waals surface area (Å²) in [6, 6.07) is 0. The molecule has 2 N–H and O–H groups in total. The van der Waals surface area contributed by atoms with E-state index in [1.807, 2.05) is 14.0 Å². The first-order chi connectivity index (χ1) is 15.7. The normalized spacial score (nSPS) is 42.8. The predicted octanol–water partition coefficient (Wildman–Crippen LogP) is 5.06. The smallest absolute Gasteiger partial charge is 0.393 e. The number of aliphatic hydroxyl groups excluding tert-OH is 1. The molecule has 6 heteroatoms. The van der Waals surface area contributed by atoms with Gasteiger partial charge < -0.3 is 15.3 Å². The molecule has 1 amide bonds. The lowest BCUT2D eigenvalue weighted by Gasteiger charge is -2.61. The summed E-state index contributed by atoms with van der Waals surface area (Å²) in [6.07, 6.45) is 10.4. The average molecular weight is 462 g/mol. The molecular weight excluding hydrogens is 414 g/mol. The Morgan fingerprint density at radius 2 is 1.82 bits per heavy atom. The molecule has 0 aromatic rings. The van der Waals surface area contributed by atoms with E-state index < -0.39 is 0 Å². The van der Waals surface area contributed by atoms with Crippen LogP contribution in [0.2, 0.25) is 0 Å². The fourth-order valence-corrected chi connectivity index (χ4v) is 8.78. The van der Waals surface area contributed by atoms with Crippen molar-refractivity contribution in [2.24, 2.45) is 45.6 Å². The lowest BCUT2D eigenvalue weighted by Crippen LogP contribution is -2.54. The Kier molecular flexibility index (Phi) is 7.45. The Morgan fingerprint density at radius 1 is 1.09 bits per heavy atom. The number of hydrogen-bond acceptors (Lipinski definition) is 5. The van der Waals surface area contributed by atoms with Crippen molar-refractivity contribution in [2.75, 3.05) is 26.7 Å². The first-order valence-corrected chi connectivity index (χ1v) is 13.6. The molecule has 4 rings (SSSR count). The van der Waals surface area contributed by atoms with Crippen LogP contribution in [-0.2, 0) is 4.84 Å². The van der Waals surface area contributed by atoms with E-state index in [4.69, 9.17) is 4.84 Å². The minimum absolute atomic E-state index is 0.0761. The van der Waals surface area contributed by atoms with Crippen LogP contribution < -0.4 is 5.32 Å². The number of fused-ring (bicyclic) bond motifs is 5. The monoisotopic (exact) mass is 461 g/mol. The van der Waals surface area contributed by atoms with Crippen molar-refractivity contribution in [3.05, 3.63) is 0 Å². The standard InChI is InChI=1S/C27H47N3O3/c1-6-30(16-15-28-5)25(32)33-29-18(2)22-9-10-23-21-8-7-19-17-20(31)11-13-26(19,3)24(21)12-14-27(22,23)4/h19-24,28,31H,6-17H2,1-5H3/b29-18+/t19-,20+,21+,22-,23+,24+,26+,27-/m1/s1. The van der Waals surface area contributed by atoms with Crippen LogP contribution in [-0.4, -0.2) is 54.6 Å². The van der Waals surface area contributed by atoms with E-state index in [2.05, 4.69) is 31.2 Å². The quantitative estimate of drug-likeness (QED) is 0.329. The van der Waals surface area contributed by atoms with Gasteiger partial charge in [0.25, 0.3) is 0 Å². The van der Waals surface area contributed by atoms with Gasteiger partial charge in [-0.1, -0.05) is 19.0 Å². The van der Waals surface area contributed by atoms with Crippen LogP contribution in [0.5, 0.6) is 0 Å². The molecule has 0 spiro atoms. The maximum Gasteiger partial charge on any atom is 0.436 e. The molecule has 0 bridgehead atoms. The number of hydrogen-bond donors (Lipinski definition) is 2. The van der Waals surface area contributed by atoms with E-state index in [1.54, 1.807) is 4.90 Å². The fourth-order valence-electron chi connectivity index (χ4n) is 8.78. The van der Waals surface area contributed by atoms with Crippen molar-refractivity contribution in [3.8, 4) is 0 Å². The van der Waals surface area contributed by atoms with E-state index in [0.717, 1.165) is 49.3 Å². The summed E-state index contributed by atoms with van der Waals surface area (Å²) < 4.78 is 0. The zero-order valence-electron chi connectivity index (χ0n) is 21.6. The van der Waals surface area contributed by atoms with Gasteiger partial charge in [-0.15, -0.1) is 0 Å². The number of carbonyl (C=O) groups is 1. The summed E-state index contributed by atoms with van der Waals surface area (Å²) in [4.78, 5) is 19.6. The number of amides is 1. The third-order valence-electron chi connectivity index (χ3n) is 10.7. The summed E-state index contributed by atoms with van der Waals surface area (Å²) in [6.45, 7) is 11.1. The fraction of sp³-hybridized carbons (Fsp3) is 0.926. The lowest BCUT2D eigenvalue weighted by atomic mass is 9.44. The van der Waals surface area contributed by atoms with E-state index in [0.29, 0.717) is 30.3 Å². The van der Waals surface area contributed by atoms with Crippen molar-refractivity contribution >= 4 is 11.8 Å². The van der Waals surface area contributed by atoms with Crippen molar-refractivity contribution in [2.45, 2.75) is 91.6 Å². The molecule has 0 radical (unpaired) electrons. The van der Waals surface area contributed by atoms with E-state index in [-0.39, 0.29) is 17.6 Å². The predicted molar refractivity (Wildman–Crippen MR) is 132 cm³/mol. The molecule has 0 aromatic heterocycles. The second-order valence-electron chi connectivity index (χ2n) is 12.0. The van der Waals surface area contributed by atoms with Crippen LogP contribution in [0.25, 0.3) is 0 Å². The molecule has 4 saturated carbocycles. The van der Waals surface area contributed by atoms with E-state index >= 15 is 0 Å². The second-order valence-corrected chi connectivity index (χ2v) is 12.0. The molecule has 33 heavy (non-hydrogen) atoms. The first-order valence-electron chi connectivity index (χ1n) is 13.6. The summed E-state index contributed by atoms with van der Waals surface area (Å²) in [7, 11) is 1.89. The molecule has 4 aliphatic rings. The third-order valence-corrected chi connectivity index (χ3v) is 10.7. The van der Waals surface area contributed by atoms with Crippen LogP contribution in [0.3, 0.4) is 0 Å². The molecule has 0 aliphatic heterocycles. The van der Waals surface area contributed by atoms with Gasteiger partial charge >= 0.3 is 6.09 Å². The molecule has 0 heterocycles. The van der Waals surface area contributed by atoms with Gasteiger partial charge in [0.2, 0.25) is 0 Å². The zero-order chi connectivity index (χ0) is 23.8. The van der Waals surface area contributed by atoms with Crippen LogP contribution in [0.4, 0.5) is 4.79 Å². The van der Waals surface area contributed by atoms with Gasteiger partial charge in [-0.05, 0) is 113 Å². The number of oxime groups is 1. The van der Waals surface area contributed by atoms with Crippen molar-refractivity contribution in [1.29, 1.82) is 0 Å². The van der Waals surface area contributed by atoms with Crippen LogP contribution in [0, 0.1) is 40.4 Å². The third kappa shape index (κ3) is 4.47. The van der Waals surface area contributed by atoms with Crippen LogP contribution in [0.1, 0.15) is 85.5 Å². The van der Waals surface area contributed by atoms with Crippen LogP contribution in [0.15, 0.2) is 5.16 Å². The Labute approximate surface area is 200 Å². The number of likely N-dealkylation sites (N-methyl/N-ethyl adjacent to an activating group) is 2. The number of aliphatic hydroxyl groups is 1. The summed E-state index contributed by atoms with van der Waals surface area (Å²) >= 11 is 0. The van der Waals surface area contributed by atoms with Crippen molar-refractivity contribution in [3.63, 3.8) is 0 Å². The summed E-state index contributed by atoms with van der Waals surface area (Å²) in [5.74, 6) is 3.46. The van der Waals surface area contributed by atoms with Gasteiger partial charge in [0.05, 0.1) is 11.8 Å². The zero-order valence-corrected chi connectivity index (χ0v) is 21.6. The summed E-state index contributed by atoms with van der Waals surface area (Å²) in [5, 5.41) is 17.7. The number of nitrogens with one attached hydrogen (secondary N) is 1. The highest BCUT2D eigenvalue weighted by atomic mass is 16.7. The highest BCUT2D eigenvalue weighted by molar-refractivity contribution is 5.85. The van der Waals surface area contributed by atoms with Gasteiger partial charge in [0, 0.05) is 25.6 Å². The molecule has 188 valence electrons. The SMILES string of the molecule is CCN(CCNC)C(=O)O/N=C(\C)[C@H]1CC[C@H]2[C@@H]3CC[C@@H]4C[C@@H](O)CC[C@]4(C)[C@H]3CC[C@]12C. The number of rotatable bonds is 6. The van der Waals surface area contributed by atoms with Gasteiger partial charge in [-0.3, -0.25) is 4.84 Å². The van der Waals surface area contributed by atoms with Gasteiger partial charge in [-0.2, -0.15) is 0 Å². The maximum atomic E-state index is 12.5. The maximum absolute atomic E-state index is 12.5. The topological polar surface area (TPSA) is 74.2 Å². The minimum atomic E-state index is -0.346. The number of nitrogens with zero attached hydrogens (tertiary/aromatic N) is 2. The van der Waals surface area contributed by atoms with Gasteiger partial charge in [0.1, 0.15) is 0 Å². The van der Waals surface area contributed by atoms with Gasteiger partial charge in [-0.25, -0.2) is 4.79 Å². The molecule has 8 atom stereocenters. The first kappa shape index (κ1) is 25.0. The average Bonchev–Trinajstić information content (AvgIpc) is 3.15. The van der Waals surface area contributed by atoms with Crippen LogP contribution >= 0.6 is 0 Å². The van der Waals surface area contributed by atoms with Gasteiger partial charge in [0.15, 0.2) is 0 Å². The Bertz CT molecular complexity index is 742. The highest BCUT2D eigenvalue weighted by Gasteiger charge is 2.60. The Morgan fingerprint density at radius 3 is 2.55 bits per heavy atom. The number of carbonyl (C=O) groups excluding carboxylic acids is 1. The highest BCUT2D eigenvalue weighted by Crippen LogP contribution is 2.67.